The number of hydrogen-bond donors (Lipinski definition) is 3. The number of aliphatic hydroxyl groups excluding tert-OH is 3. The summed E-state index contributed by atoms with van der Waals surface area (Å²) in [5.41, 5.74) is 0. The maximum absolute atomic E-state index is 11.9. The van der Waals surface area contributed by atoms with E-state index in [-0.39, 0.29) is 12.6 Å². The molecule has 1 aliphatic rings. The number of unbranched alkanes of at least 4 members (excludes halogenated alkanes) is 10. The fourth-order valence-electron chi connectivity index (χ4n) is 3.34. The fraction of sp³-hybridized carbons (Fsp3) is 0.950. The molecule has 0 aromatic carbocycles. The van der Waals surface area contributed by atoms with Crippen molar-refractivity contribution in [3.63, 3.8) is 0 Å². The molecule has 154 valence electrons. The summed E-state index contributed by atoms with van der Waals surface area (Å²) in [6.07, 6.45) is 9.78. The van der Waals surface area contributed by atoms with Gasteiger partial charge in [0.2, 0.25) is 0 Å². The molecule has 1 saturated heterocycles. The van der Waals surface area contributed by atoms with Crippen LogP contribution in [0.25, 0.3) is 0 Å². The van der Waals surface area contributed by atoms with E-state index in [1.165, 1.54) is 51.4 Å². The van der Waals surface area contributed by atoms with E-state index in [0.29, 0.717) is 6.42 Å². The highest BCUT2D eigenvalue weighted by Gasteiger charge is 2.42. The third-order valence-corrected chi connectivity index (χ3v) is 4.98. The average Bonchev–Trinajstić information content (AvgIpc) is 2.99. The Kier molecular flexibility index (Phi) is 12.9. The molecule has 6 nitrogen and oxygen atoms in total. The van der Waals surface area contributed by atoms with E-state index >= 15 is 0 Å². The van der Waals surface area contributed by atoms with Crippen LogP contribution in [0.5, 0.6) is 0 Å². The Bertz CT molecular complexity index is 362. The van der Waals surface area contributed by atoms with E-state index in [4.69, 9.17) is 14.6 Å². The van der Waals surface area contributed by atoms with Gasteiger partial charge in [-0.25, -0.2) is 0 Å². The van der Waals surface area contributed by atoms with Crippen molar-refractivity contribution in [2.24, 2.45) is 0 Å². The second-order valence-corrected chi connectivity index (χ2v) is 7.36. The van der Waals surface area contributed by atoms with Crippen LogP contribution in [0.15, 0.2) is 0 Å². The number of aliphatic hydroxyl groups is 3. The lowest BCUT2D eigenvalue weighted by Crippen LogP contribution is -2.43. The molecule has 4 atom stereocenters. The van der Waals surface area contributed by atoms with Crippen LogP contribution in [0.2, 0.25) is 0 Å². The van der Waals surface area contributed by atoms with Crippen molar-refractivity contribution in [1.29, 1.82) is 0 Å². The molecule has 1 heterocycles. The van der Waals surface area contributed by atoms with Crippen molar-refractivity contribution >= 4 is 5.97 Å². The molecule has 1 rings (SSSR count). The lowest BCUT2D eigenvalue weighted by Gasteiger charge is -2.23. The Hall–Kier alpha value is -0.690. The third kappa shape index (κ3) is 9.31. The van der Waals surface area contributed by atoms with Crippen LogP contribution in [-0.2, 0) is 14.3 Å². The number of carbonyl (C=O) groups excluding carboxylic acids is 1. The molecule has 1 aliphatic heterocycles. The van der Waals surface area contributed by atoms with Gasteiger partial charge in [0.15, 0.2) is 6.10 Å². The van der Waals surface area contributed by atoms with Gasteiger partial charge in [0.1, 0.15) is 18.3 Å². The molecule has 0 saturated carbocycles. The number of ether oxygens (including phenoxy) is 2. The standard InChI is InChI=1S/C20H38O6/c1-2-3-4-5-6-7-8-9-10-11-12-13-18(24)26-20-17(23)15-25-19(20)16(22)14-21/h16-17,19-23H,2-15H2,1H3/t16-,17-,19-,20-/m1/s1. The van der Waals surface area contributed by atoms with Gasteiger partial charge in [0.05, 0.1) is 13.2 Å². The molecule has 26 heavy (non-hydrogen) atoms. The minimum Gasteiger partial charge on any atom is -0.457 e. The smallest absolute Gasteiger partial charge is 0.306 e. The topological polar surface area (TPSA) is 96.2 Å². The van der Waals surface area contributed by atoms with Crippen LogP contribution in [0.1, 0.15) is 84.0 Å². The van der Waals surface area contributed by atoms with Gasteiger partial charge in [0, 0.05) is 6.42 Å². The van der Waals surface area contributed by atoms with Gasteiger partial charge in [-0.2, -0.15) is 0 Å². The minimum atomic E-state index is -1.16. The van der Waals surface area contributed by atoms with Gasteiger partial charge in [0.25, 0.3) is 0 Å². The van der Waals surface area contributed by atoms with E-state index in [2.05, 4.69) is 6.92 Å². The number of hydrogen-bond acceptors (Lipinski definition) is 6. The molecule has 0 unspecified atom stereocenters. The quantitative estimate of drug-likeness (QED) is 0.301. The molecule has 0 amide bonds. The van der Waals surface area contributed by atoms with Gasteiger partial charge >= 0.3 is 5.97 Å². The number of esters is 1. The van der Waals surface area contributed by atoms with Crippen molar-refractivity contribution < 1.29 is 29.6 Å². The Balaban J connectivity index is 2.03. The molecule has 6 heteroatoms. The lowest BCUT2D eigenvalue weighted by atomic mass is 10.0. The highest BCUT2D eigenvalue weighted by Crippen LogP contribution is 2.22. The van der Waals surface area contributed by atoms with Gasteiger partial charge in [-0.05, 0) is 6.42 Å². The maximum atomic E-state index is 11.9. The second-order valence-electron chi connectivity index (χ2n) is 7.36. The molecule has 0 spiro atoms. The van der Waals surface area contributed by atoms with Gasteiger partial charge in [-0.15, -0.1) is 0 Å². The summed E-state index contributed by atoms with van der Waals surface area (Å²) in [4.78, 5) is 11.9. The molecule has 3 N–H and O–H groups in total. The monoisotopic (exact) mass is 374 g/mol. The summed E-state index contributed by atoms with van der Waals surface area (Å²) >= 11 is 0. The van der Waals surface area contributed by atoms with E-state index in [0.717, 1.165) is 19.3 Å². The van der Waals surface area contributed by atoms with Crippen LogP contribution in [0.3, 0.4) is 0 Å². The summed E-state index contributed by atoms with van der Waals surface area (Å²) in [5.74, 6) is -0.384. The molecule has 0 radical (unpaired) electrons. The Morgan fingerprint density at radius 2 is 1.58 bits per heavy atom. The SMILES string of the molecule is CCCCCCCCCCCCCC(=O)O[C@H]1[C@@H]([C@H](O)CO)OC[C@H]1O. The van der Waals surface area contributed by atoms with Crippen LogP contribution >= 0.6 is 0 Å². The van der Waals surface area contributed by atoms with E-state index < -0.39 is 31.0 Å². The zero-order valence-electron chi connectivity index (χ0n) is 16.3. The lowest BCUT2D eigenvalue weighted by molar-refractivity contribution is -0.160. The summed E-state index contributed by atoms with van der Waals surface area (Å²) in [5, 5.41) is 28.5. The van der Waals surface area contributed by atoms with Gasteiger partial charge < -0.3 is 24.8 Å². The zero-order valence-corrected chi connectivity index (χ0v) is 16.3. The number of rotatable bonds is 15. The maximum Gasteiger partial charge on any atom is 0.306 e. The molecule has 0 bridgehead atoms. The highest BCUT2D eigenvalue weighted by atomic mass is 16.6. The van der Waals surface area contributed by atoms with Crippen molar-refractivity contribution in [2.75, 3.05) is 13.2 Å². The predicted molar refractivity (Wildman–Crippen MR) is 99.8 cm³/mol. The van der Waals surface area contributed by atoms with Crippen molar-refractivity contribution in [3.05, 3.63) is 0 Å². The Morgan fingerprint density at radius 1 is 1.04 bits per heavy atom. The van der Waals surface area contributed by atoms with E-state index in [1.807, 2.05) is 0 Å². The number of carbonyl (C=O) groups is 1. The molecule has 1 fully saturated rings. The zero-order chi connectivity index (χ0) is 19.2. The van der Waals surface area contributed by atoms with Crippen LogP contribution in [0, 0.1) is 0 Å². The molecule has 0 aromatic heterocycles. The van der Waals surface area contributed by atoms with Crippen LogP contribution in [-0.4, -0.2) is 58.9 Å². The minimum absolute atomic E-state index is 0.00187. The second kappa shape index (κ2) is 14.4. The van der Waals surface area contributed by atoms with Crippen LogP contribution in [0.4, 0.5) is 0 Å². The molecular formula is C20H38O6. The molecular weight excluding hydrogens is 336 g/mol. The fourth-order valence-corrected chi connectivity index (χ4v) is 3.34. The first kappa shape index (κ1) is 23.3. The molecule has 0 aromatic rings. The predicted octanol–water partition coefficient (Wildman–Crippen LogP) is 2.71. The van der Waals surface area contributed by atoms with Crippen molar-refractivity contribution in [3.8, 4) is 0 Å². The largest absolute Gasteiger partial charge is 0.457 e. The first-order chi connectivity index (χ1) is 12.6. The normalized spacial score (nSPS) is 23.9. The highest BCUT2D eigenvalue weighted by molar-refractivity contribution is 5.69. The van der Waals surface area contributed by atoms with E-state index in [9.17, 15) is 15.0 Å². The molecule has 0 aliphatic carbocycles. The third-order valence-electron chi connectivity index (χ3n) is 4.98. The Morgan fingerprint density at radius 3 is 2.12 bits per heavy atom. The van der Waals surface area contributed by atoms with Crippen LogP contribution < -0.4 is 0 Å². The van der Waals surface area contributed by atoms with Crippen molar-refractivity contribution in [2.45, 2.75) is 108 Å². The summed E-state index contributed by atoms with van der Waals surface area (Å²) in [6, 6.07) is 0. The first-order valence-electron chi connectivity index (χ1n) is 10.4. The first-order valence-corrected chi connectivity index (χ1v) is 10.4. The summed E-state index contributed by atoms with van der Waals surface area (Å²) in [6.45, 7) is 1.73. The van der Waals surface area contributed by atoms with Gasteiger partial charge in [-0.1, -0.05) is 71.1 Å². The van der Waals surface area contributed by atoms with Gasteiger partial charge in [-0.3, -0.25) is 4.79 Å². The summed E-state index contributed by atoms with van der Waals surface area (Å²) < 4.78 is 10.5. The Labute approximate surface area is 157 Å². The average molecular weight is 375 g/mol. The van der Waals surface area contributed by atoms with E-state index in [1.54, 1.807) is 0 Å². The summed E-state index contributed by atoms with van der Waals surface area (Å²) in [7, 11) is 0. The van der Waals surface area contributed by atoms with Crippen molar-refractivity contribution in [1.82, 2.24) is 0 Å².